The number of halogens is 2. The van der Waals surface area contributed by atoms with Crippen molar-refractivity contribution in [3.8, 4) is 0 Å². The van der Waals surface area contributed by atoms with Crippen molar-refractivity contribution in [2.24, 2.45) is 11.3 Å². The number of hydrogen-bond donors (Lipinski definition) is 1. The first-order chi connectivity index (χ1) is 15.2. The van der Waals surface area contributed by atoms with Crippen molar-refractivity contribution in [3.63, 3.8) is 0 Å². The number of piperidine rings is 1. The predicted octanol–water partition coefficient (Wildman–Crippen LogP) is 6.79. The Bertz CT molecular complexity index is 983. The van der Waals surface area contributed by atoms with Gasteiger partial charge in [0.25, 0.3) is 0 Å². The van der Waals surface area contributed by atoms with Crippen LogP contribution in [0.25, 0.3) is 0 Å². The van der Waals surface area contributed by atoms with E-state index in [1.165, 1.54) is 0 Å². The Balaban J connectivity index is 1.91. The van der Waals surface area contributed by atoms with Crippen LogP contribution >= 0.6 is 23.2 Å². The van der Waals surface area contributed by atoms with Crippen molar-refractivity contribution < 1.29 is 9.90 Å². The molecule has 32 heavy (non-hydrogen) atoms. The molecular weight excluding hydrogens is 441 g/mol. The highest BCUT2D eigenvalue weighted by Gasteiger charge is 2.54. The number of rotatable bonds is 7. The van der Waals surface area contributed by atoms with E-state index in [4.69, 9.17) is 23.2 Å². The zero-order chi connectivity index (χ0) is 23.0. The number of carbonyl (C=O) groups excluding carboxylic acids is 1. The molecule has 5 atom stereocenters. The fourth-order valence-electron chi connectivity index (χ4n) is 5.51. The molecule has 170 valence electrons. The van der Waals surface area contributed by atoms with Gasteiger partial charge < -0.3 is 10.0 Å². The lowest BCUT2D eigenvalue weighted by molar-refractivity contribution is -0.159. The van der Waals surface area contributed by atoms with Crippen LogP contribution in [-0.4, -0.2) is 28.1 Å². The monoisotopic (exact) mass is 471 g/mol. The third-order valence-corrected chi connectivity index (χ3v) is 7.59. The van der Waals surface area contributed by atoms with Crippen LogP contribution in [0.5, 0.6) is 0 Å². The molecule has 1 saturated carbocycles. The van der Waals surface area contributed by atoms with Gasteiger partial charge >= 0.3 is 0 Å². The third kappa shape index (κ3) is 4.48. The first-order valence-electron chi connectivity index (χ1n) is 11.4. The van der Waals surface area contributed by atoms with Crippen LogP contribution in [-0.2, 0) is 4.79 Å². The summed E-state index contributed by atoms with van der Waals surface area (Å²) < 4.78 is 0. The van der Waals surface area contributed by atoms with E-state index in [1.54, 1.807) is 0 Å². The van der Waals surface area contributed by atoms with Crippen molar-refractivity contribution >= 4 is 29.1 Å². The number of carbonyl (C=O) groups is 1. The summed E-state index contributed by atoms with van der Waals surface area (Å²) in [6.45, 7) is 7.77. The Morgan fingerprint density at radius 3 is 2.41 bits per heavy atom. The second-order valence-electron chi connectivity index (χ2n) is 9.70. The highest BCUT2D eigenvalue weighted by molar-refractivity contribution is 6.30. The van der Waals surface area contributed by atoms with E-state index >= 15 is 0 Å². The molecule has 0 aromatic heterocycles. The molecule has 2 aliphatic rings. The number of nitrogens with zero attached hydrogens (tertiary/aromatic N) is 1. The van der Waals surface area contributed by atoms with Gasteiger partial charge in [0.15, 0.2) is 0 Å². The first-order valence-corrected chi connectivity index (χ1v) is 12.1. The molecule has 5 heteroatoms. The average Bonchev–Trinajstić information content (AvgIpc) is 3.57. The van der Waals surface area contributed by atoms with Crippen LogP contribution in [0.2, 0.25) is 10.0 Å². The summed E-state index contributed by atoms with van der Waals surface area (Å²) in [6.07, 6.45) is 4.55. The zero-order valence-corrected chi connectivity index (χ0v) is 20.2. The molecule has 2 aromatic rings. The van der Waals surface area contributed by atoms with Gasteiger partial charge in [0.1, 0.15) is 0 Å². The minimum absolute atomic E-state index is 0.0255. The van der Waals surface area contributed by atoms with Gasteiger partial charge in [-0.2, -0.15) is 0 Å². The summed E-state index contributed by atoms with van der Waals surface area (Å²) >= 11 is 12.6. The molecule has 0 spiro atoms. The second kappa shape index (κ2) is 9.21. The number of amides is 1. The minimum atomic E-state index is -0.618. The van der Waals surface area contributed by atoms with Gasteiger partial charge in [-0.05, 0) is 73.9 Å². The van der Waals surface area contributed by atoms with Crippen molar-refractivity contribution in [1.82, 2.24) is 4.90 Å². The molecule has 2 fully saturated rings. The predicted molar refractivity (Wildman–Crippen MR) is 131 cm³/mol. The molecule has 1 amide bonds. The van der Waals surface area contributed by atoms with Crippen molar-refractivity contribution in [2.45, 2.75) is 63.6 Å². The van der Waals surface area contributed by atoms with E-state index in [9.17, 15) is 9.90 Å². The lowest BCUT2D eigenvalue weighted by Gasteiger charge is -2.53. The first kappa shape index (κ1) is 23.4. The fourth-order valence-corrected chi connectivity index (χ4v) is 5.83. The minimum Gasteiger partial charge on any atom is -0.391 e. The van der Waals surface area contributed by atoms with E-state index in [2.05, 4.69) is 12.6 Å². The van der Waals surface area contributed by atoms with E-state index in [1.807, 2.05) is 67.3 Å². The summed E-state index contributed by atoms with van der Waals surface area (Å²) in [5.41, 5.74) is 1.53. The third-order valence-electron chi connectivity index (χ3n) is 7.11. The van der Waals surface area contributed by atoms with Crippen molar-refractivity contribution in [2.75, 3.05) is 0 Å². The number of hydrogen-bond acceptors (Lipinski definition) is 2. The smallest absolute Gasteiger partial charge is 0.229 e. The van der Waals surface area contributed by atoms with Gasteiger partial charge in [0.05, 0.1) is 23.6 Å². The summed E-state index contributed by atoms with van der Waals surface area (Å²) in [6, 6.07) is 15.3. The Labute approximate surface area is 201 Å². The molecule has 1 N–H and O–H groups in total. The number of aliphatic hydroxyl groups is 1. The molecular formula is C27H31Cl2NO2. The number of benzene rings is 2. The van der Waals surface area contributed by atoms with E-state index in [0.29, 0.717) is 28.8 Å². The van der Waals surface area contributed by atoms with Gasteiger partial charge in [-0.1, -0.05) is 60.5 Å². The normalized spacial score (nSPS) is 27.8. The fraction of sp³-hybridized carbons (Fsp3) is 0.444. The molecule has 3 nitrogen and oxygen atoms in total. The van der Waals surface area contributed by atoms with Gasteiger partial charge in [-0.25, -0.2) is 0 Å². The molecule has 4 rings (SSSR count). The van der Waals surface area contributed by atoms with Crippen LogP contribution in [0.1, 0.15) is 62.6 Å². The quantitative estimate of drug-likeness (QED) is 0.451. The number of aliphatic hydroxyl groups excluding tert-OH is 1. The lowest BCUT2D eigenvalue weighted by Crippen LogP contribution is -2.58. The van der Waals surface area contributed by atoms with Crippen LogP contribution < -0.4 is 0 Å². The molecule has 1 heterocycles. The van der Waals surface area contributed by atoms with Crippen molar-refractivity contribution in [1.29, 1.82) is 0 Å². The molecule has 2 aromatic carbocycles. The lowest BCUT2D eigenvalue weighted by atomic mass is 9.66. The molecule has 1 saturated heterocycles. The van der Waals surface area contributed by atoms with Crippen LogP contribution in [0.15, 0.2) is 61.2 Å². The van der Waals surface area contributed by atoms with Gasteiger partial charge in [-0.3, -0.25) is 4.79 Å². The van der Waals surface area contributed by atoms with Crippen LogP contribution in [0.4, 0.5) is 0 Å². The molecule has 1 aliphatic heterocycles. The van der Waals surface area contributed by atoms with Gasteiger partial charge in [0, 0.05) is 16.0 Å². The Hall–Kier alpha value is -1.81. The summed E-state index contributed by atoms with van der Waals surface area (Å²) in [5.74, 6) is 0.436. The summed E-state index contributed by atoms with van der Waals surface area (Å²) in [7, 11) is 0. The molecule has 0 bridgehead atoms. The maximum Gasteiger partial charge on any atom is 0.229 e. The van der Waals surface area contributed by atoms with E-state index in [0.717, 1.165) is 24.0 Å². The molecule has 1 aliphatic carbocycles. The second-order valence-corrected chi connectivity index (χ2v) is 10.6. The number of likely N-dealkylation sites (tertiary alicyclic amines) is 1. The Kier molecular flexibility index (Phi) is 6.72. The zero-order valence-electron chi connectivity index (χ0n) is 18.7. The van der Waals surface area contributed by atoms with E-state index < -0.39 is 11.5 Å². The Morgan fingerprint density at radius 1 is 1.16 bits per heavy atom. The highest BCUT2D eigenvalue weighted by Crippen LogP contribution is 2.54. The average molecular weight is 472 g/mol. The summed E-state index contributed by atoms with van der Waals surface area (Å²) in [4.78, 5) is 16.1. The maximum atomic E-state index is 14.1. The largest absolute Gasteiger partial charge is 0.391 e. The van der Waals surface area contributed by atoms with Crippen LogP contribution in [0, 0.1) is 11.3 Å². The topological polar surface area (TPSA) is 40.5 Å². The van der Waals surface area contributed by atoms with Gasteiger partial charge in [0.2, 0.25) is 5.91 Å². The van der Waals surface area contributed by atoms with E-state index in [-0.39, 0.29) is 23.9 Å². The summed E-state index contributed by atoms with van der Waals surface area (Å²) in [5, 5.41) is 12.2. The Morgan fingerprint density at radius 2 is 1.84 bits per heavy atom. The highest BCUT2D eigenvalue weighted by atomic mass is 35.5. The standard InChI is InChI=1S/C27H31Cl2NO2/c1-4-14-27(3)16-23(20-6-5-7-22(29)15-20)25(19-10-12-21(28)13-11-19)30(26(27)32)24(17(2)31)18-8-9-18/h4-7,10-13,15,17-18,23-25,31H,1,8-9,14,16H2,2-3H3/t17-,23-,24?,25-,27+/m1/s1. The molecule has 0 radical (unpaired) electrons. The number of allylic oxidation sites excluding steroid dienone is 1. The van der Waals surface area contributed by atoms with Crippen molar-refractivity contribution in [3.05, 3.63) is 82.4 Å². The van der Waals surface area contributed by atoms with Gasteiger partial charge in [-0.15, -0.1) is 6.58 Å². The van der Waals surface area contributed by atoms with Crippen LogP contribution in [0.3, 0.4) is 0 Å². The molecule has 1 unspecified atom stereocenters. The maximum absolute atomic E-state index is 14.1. The SMILES string of the molecule is C=CC[C@@]1(C)C[C@H](c2cccc(Cl)c2)[C@@H](c2ccc(Cl)cc2)N(C(C2CC2)[C@@H](C)O)C1=O.